The van der Waals surface area contributed by atoms with Crippen molar-refractivity contribution in [3.8, 4) is 23.0 Å². The van der Waals surface area contributed by atoms with Crippen LogP contribution in [0.15, 0.2) is 47.6 Å². The molecule has 8 heteroatoms. The maximum absolute atomic E-state index is 5.21. The fourth-order valence-corrected chi connectivity index (χ4v) is 2.93. The number of halogens is 1. The van der Waals surface area contributed by atoms with Gasteiger partial charge in [-0.3, -0.25) is 9.97 Å². The van der Waals surface area contributed by atoms with Crippen molar-refractivity contribution < 1.29 is 4.74 Å². The fraction of sp³-hybridized carbons (Fsp3) is 0.118. The van der Waals surface area contributed by atoms with Gasteiger partial charge in [-0.05, 0) is 41.1 Å². The molecule has 0 aliphatic carbocycles. The molecular formula is C17H13BrN6O. The topological polar surface area (TPSA) is 78.6 Å². The van der Waals surface area contributed by atoms with E-state index in [-0.39, 0.29) is 0 Å². The molecule has 0 aromatic carbocycles. The van der Waals surface area contributed by atoms with E-state index in [1.165, 1.54) is 0 Å². The largest absolute Gasteiger partial charge is 0.494 e. The maximum Gasteiger partial charge on any atom is 0.154 e. The summed E-state index contributed by atoms with van der Waals surface area (Å²) in [6, 6.07) is 5.58. The molecule has 0 radical (unpaired) electrons. The fourth-order valence-electron chi connectivity index (χ4n) is 2.45. The van der Waals surface area contributed by atoms with Crippen LogP contribution in [0.2, 0.25) is 0 Å². The van der Waals surface area contributed by atoms with Crippen LogP contribution in [0.1, 0.15) is 5.69 Å². The molecule has 0 spiro atoms. The number of methoxy groups -OCH3 is 1. The molecule has 4 aromatic rings. The van der Waals surface area contributed by atoms with E-state index >= 15 is 0 Å². The quantitative estimate of drug-likeness (QED) is 0.494. The van der Waals surface area contributed by atoms with Gasteiger partial charge in [0.1, 0.15) is 10.3 Å². The van der Waals surface area contributed by atoms with Crippen molar-refractivity contribution in [2.24, 2.45) is 0 Å². The van der Waals surface area contributed by atoms with Crippen molar-refractivity contribution in [1.29, 1.82) is 0 Å². The molecule has 0 aliphatic rings. The molecule has 0 N–H and O–H groups in total. The van der Waals surface area contributed by atoms with Crippen LogP contribution in [0.5, 0.6) is 5.75 Å². The SMILES string of the molecule is COc1ccc(-n2cc3cnc(-c4cncc(C)n4)cc3n2)nc1Br. The molecule has 0 fully saturated rings. The number of nitrogens with zero attached hydrogens (tertiary/aromatic N) is 6. The third-order valence-corrected chi connectivity index (χ3v) is 4.23. The molecule has 4 heterocycles. The Labute approximate surface area is 151 Å². The summed E-state index contributed by atoms with van der Waals surface area (Å²) in [6.45, 7) is 1.90. The summed E-state index contributed by atoms with van der Waals surface area (Å²) in [5.74, 6) is 1.35. The third-order valence-electron chi connectivity index (χ3n) is 3.66. The lowest BCUT2D eigenvalue weighted by molar-refractivity contribution is 0.409. The smallest absolute Gasteiger partial charge is 0.154 e. The Balaban J connectivity index is 1.77. The Morgan fingerprint density at radius 2 is 1.96 bits per heavy atom. The number of aryl methyl sites for hydroxylation is 1. The monoisotopic (exact) mass is 396 g/mol. The van der Waals surface area contributed by atoms with Crippen molar-refractivity contribution >= 4 is 26.8 Å². The summed E-state index contributed by atoms with van der Waals surface area (Å²) >= 11 is 3.39. The van der Waals surface area contributed by atoms with E-state index in [0.29, 0.717) is 16.2 Å². The van der Waals surface area contributed by atoms with E-state index in [9.17, 15) is 0 Å². The summed E-state index contributed by atoms with van der Waals surface area (Å²) < 4.78 is 7.54. The number of hydrogen-bond donors (Lipinski definition) is 0. The molecule has 0 aliphatic heterocycles. The van der Waals surface area contributed by atoms with E-state index in [1.807, 2.05) is 31.3 Å². The van der Waals surface area contributed by atoms with Crippen LogP contribution in [0, 0.1) is 6.92 Å². The molecular weight excluding hydrogens is 384 g/mol. The zero-order valence-corrected chi connectivity index (χ0v) is 15.1. The zero-order chi connectivity index (χ0) is 17.4. The summed E-state index contributed by atoms with van der Waals surface area (Å²) in [4.78, 5) is 17.5. The predicted octanol–water partition coefficient (Wildman–Crippen LogP) is 3.35. The molecule has 0 saturated carbocycles. The van der Waals surface area contributed by atoms with Crippen molar-refractivity contribution in [1.82, 2.24) is 29.7 Å². The maximum atomic E-state index is 5.21. The van der Waals surface area contributed by atoms with Crippen LogP contribution in [0.4, 0.5) is 0 Å². The summed E-state index contributed by atoms with van der Waals surface area (Å²) in [5, 5.41) is 5.51. The minimum absolute atomic E-state index is 0.626. The first-order valence-electron chi connectivity index (χ1n) is 7.49. The number of hydrogen-bond acceptors (Lipinski definition) is 6. The lowest BCUT2D eigenvalue weighted by atomic mass is 10.2. The molecule has 25 heavy (non-hydrogen) atoms. The number of ether oxygens (including phenoxy) is 1. The molecule has 7 nitrogen and oxygen atoms in total. The Hall–Kier alpha value is -2.87. The second-order valence-corrected chi connectivity index (χ2v) is 6.16. The molecule has 0 bridgehead atoms. The van der Waals surface area contributed by atoms with E-state index in [2.05, 4.69) is 41.0 Å². The second-order valence-electron chi connectivity index (χ2n) is 5.41. The van der Waals surface area contributed by atoms with Crippen LogP contribution in [0.3, 0.4) is 0 Å². The van der Waals surface area contributed by atoms with Gasteiger partial charge in [-0.2, -0.15) is 5.10 Å². The van der Waals surface area contributed by atoms with Gasteiger partial charge in [0.15, 0.2) is 11.6 Å². The number of pyridine rings is 2. The van der Waals surface area contributed by atoms with E-state index in [0.717, 1.165) is 28.0 Å². The van der Waals surface area contributed by atoms with E-state index in [4.69, 9.17) is 4.74 Å². The lowest BCUT2D eigenvalue weighted by Gasteiger charge is -2.04. The Bertz CT molecular complexity index is 1080. The first kappa shape index (κ1) is 15.6. The summed E-state index contributed by atoms with van der Waals surface area (Å²) in [6.07, 6.45) is 7.07. The van der Waals surface area contributed by atoms with Gasteiger partial charge >= 0.3 is 0 Å². The number of rotatable bonds is 3. The third kappa shape index (κ3) is 2.96. The normalized spacial score (nSPS) is 11.0. The van der Waals surface area contributed by atoms with Crippen LogP contribution in [-0.4, -0.2) is 36.8 Å². The summed E-state index contributed by atoms with van der Waals surface area (Å²) in [5.41, 5.74) is 3.11. The molecule has 4 rings (SSSR count). The molecule has 4 aromatic heterocycles. The predicted molar refractivity (Wildman–Crippen MR) is 96.7 cm³/mol. The number of fused-ring (bicyclic) bond motifs is 1. The Morgan fingerprint density at radius 1 is 1.08 bits per heavy atom. The number of aromatic nitrogens is 6. The van der Waals surface area contributed by atoms with Crippen LogP contribution in [0.25, 0.3) is 28.1 Å². The lowest BCUT2D eigenvalue weighted by Crippen LogP contribution is -1.99. The molecule has 124 valence electrons. The van der Waals surface area contributed by atoms with Crippen molar-refractivity contribution in [2.75, 3.05) is 7.11 Å². The van der Waals surface area contributed by atoms with E-state index in [1.54, 1.807) is 30.4 Å². The van der Waals surface area contributed by atoms with Gasteiger partial charge in [-0.25, -0.2) is 14.6 Å². The first-order chi connectivity index (χ1) is 12.1. The minimum atomic E-state index is 0.626. The van der Waals surface area contributed by atoms with Crippen molar-refractivity contribution in [2.45, 2.75) is 6.92 Å². The van der Waals surface area contributed by atoms with Gasteiger partial charge < -0.3 is 4.74 Å². The van der Waals surface area contributed by atoms with Gasteiger partial charge in [0, 0.05) is 24.0 Å². The zero-order valence-electron chi connectivity index (χ0n) is 13.5. The van der Waals surface area contributed by atoms with Crippen LogP contribution >= 0.6 is 15.9 Å². The van der Waals surface area contributed by atoms with Gasteiger partial charge in [-0.1, -0.05) is 0 Å². The molecule has 0 unspecified atom stereocenters. The minimum Gasteiger partial charge on any atom is -0.494 e. The van der Waals surface area contributed by atoms with E-state index < -0.39 is 0 Å². The summed E-state index contributed by atoms with van der Waals surface area (Å²) in [7, 11) is 1.60. The molecule has 0 atom stereocenters. The van der Waals surface area contributed by atoms with Gasteiger partial charge in [0.05, 0.1) is 30.2 Å². The highest BCUT2D eigenvalue weighted by Crippen LogP contribution is 2.25. The van der Waals surface area contributed by atoms with Gasteiger partial charge in [0.2, 0.25) is 0 Å². The first-order valence-corrected chi connectivity index (χ1v) is 8.29. The highest BCUT2D eigenvalue weighted by atomic mass is 79.9. The van der Waals surface area contributed by atoms with Crippen molar-refractivity contribution in [3.05, 3.63) is 53.3 Å². The van der Waals surface area contributed by atoms with Gasteiger partial charge in [-0.15, -0.1) is 0 Å². The average Bonchev–Trinajstić information content (AvgIpc) is 3.05. The second kappa shape index (κ2) is 6.21. The standard InChI is InChI=1S/C17H13BrN6O/c1-10-6-19-8-14(21-10)13-5-12-11(7-20-13)9-24(23-12)16-4-3-15(25-2)17(18)22-16/h3-9H,1-2H3. The Morgan fingerprint density at radius 3 is 2.72 bits per heavy atom. The highest BCUT2D eigenvalue weighted by Gasteiger charge is 2.10. The molecule has 0 amide bonds. The average molecular weight is 397 g/mol. The van der Waals surface area contributed by atoms with Crippen molar-refractivity contribution in [3.63, 3.8) is 0 Å². The molecule has 0 saturated heterocycles. The van der Waals surface area contributed by atoms with Crippen LogP contribution < -0.4 is 4.74 Å². The van der Waals surface area contributed by atoms with Gasteiger partial charge in [0.25, 0.3) is 0 Å². The Kier molecular flexibility index (Phi) is 3.89. The highest BCUT2D eigenvalue weighted by molar-refractivity contribution is 9.10. The van der Waals surface area contributed by atoms with Crippen LogP contribution in [-0.2, 0) is 0 Å².